The molecular formula is C20H26N4O. The molecule has 5 heteroatoms. The Labute approximate surface area is 148 Å². The van der Waals surface area contributed by atoms with Crippen LogP contribution in [0.5, 0.6) is 0 Å². The Balaban J connectivity index is 1.55. The maximum Gasteiger partial charge on any atom is 0.272 e. The van der Waals surface area contributed by atoms with E-state index in [-0.39, 0.29) is 11.3 Å². The lowest BCUT2D eigenvalue weighted by Crippen LogP contribution is -2.43. The van der Waals surface area contributed by atoms with Crippen molar-refractivity contribution < 1.29 is 4.79 Å². The Morgan fingerprint density at radius 1 is 1.24 bits per heavy atom. The molecule has 1 fully saturated rings. The summed E-state index contributed by atoms with van der Waals surface area (Å²) in [4.78, 5) is 12.8. The van der Waals surface area contributed by atoms with E-state index >= 15 is 0 Å². The summed E-state index contributed by atoms with van der Waals surface area (Å²) in [6.07, 6.45) is 5.25. The molecule has 1 aliphatic heterocycles. The quantitative estimate of drug-likeness (QED) is 0.900. The average molecular weight is 338 g/mol. The van der Waals surface area contributed by atoms with Crippen molar-refractivity contribution in [3.8, 4) is 5.69 Å². The van der Waals surface area contributed by atoms with E-state index in [0.29, 0.717) is 5.69 Å². The van der Waals surface area contributed by atoms with Crippen molar-refractivity contribution in [1.29, 1.82) is 0 Å². The first kappa shape index (κ1) is 16.3. The molecule has 1 saturated heterocycles. The lowest BCUT2D eigenvalue weighted by atomic mass is 9.81. The second kappa shape index (κ2) is 6.64. The van der Waals surface area contributed by atoms with Gasteiger partial charge >= 0.3 is 0 Å². The van der Waals surface area contributed by atoms with E-state index in [1.807, 2.05) is 35.0 Å². The minimum atomic E-state index is -0.0208. The van der Waals surface area contributed by atoms with E-state index in [9.17, 15) is 4.79 Å². The maximum absolute atomic E-state index is 12.8. The van der Waals surface area contributed by atoms with Gasteiger partial charge in [-0.15, -0.1) is 0 Å². The smallest absolute Gasteiger partial charge is 0.272 e. The van der Waals surface area contributed by atoms with Gasteiger partial charge in [0.1, 0.15) is 0 Å². The van der Waals surface area contributed by atoms with E-state index in [4.69, 9.17) is 0 Å². The molecule has 132 valence electrons. The highest BCUT2D eigenvalue weighted by Crippen LogP contribution is 2.29. The molecule has 0 saturated carbocycles. The van der Waals surface area contributed by atoms with Gasteiger partial charge in [0.15, 0.2) is 5.69 Å². The van der Waals surface area contributed by atoms with Gasteiger partial charge in [0.05, 0.1) is 5.69 Å². The van der Waals surface area contributed by atoms with Crippen LogP contribution in [-0.2, 0) is 12.8 Å². The summed E-state index contributed by atoms with van der Waals surface area (Å²) >= 11 is 0. The molecule has 5 nitrogen and oxygen atoms in total. The molecule has 1 amide bonds. The summed E-state index contributed by atoms with van der Waals surface area (Å²) in [5, 5.41) is 11.2. The second-order valence-corrected chi connectivity index (χ2v) is 7.62. The van der Waals surface area contributed by atoms with Gasteiger partial charge in [-0.2, -0.15) is 5.10 Å². The molecule has 2 aliphatic rings. The van der Waals surface area contributed by atoms with E-state index in [1.165, 1.54) is 5.69 Å². The normalized spacial score (nSPS) is 18.8. The number of fused-ring (bicyclic) bond motifs is 1. The van der Waals surface area contributed by atoms with Crippen LogP contribution in [0.25, 0.3) is 5.69 Å². The number of hydrogen-bond donors (Lipinski definition) is 2. The topological polar surface area (TPSA) is 59.0 Å². The number of nitrogens with zero attached hydrogens (tertiary/aromatic N) is 2. The zero-order valence-electron chi connectivity index (χ0n) is 14.8. The standard InChI is InChI=1S/C20H26N4O/c1-20(10-12-21-13-11-20)14-22-19(25)18-16-8-5-9-17(16)24(23-18)15-6-3-2-4-7-15/h2-4,6-7,21H,5,8-14H2,1H3,(H,22,25). The molecule has 0 radical (unpaired) electrons. The van der Waals surface area contributed by atoms with Crippen LogP contribution < -0.4 is 10.6 Å². The highest BCUT2D eigenvalue weighted by Gasteiger charge is 2.30. The zero-order chi connectivity index (χ0) is 17.3. The summed E-state index contributed by atoms with van der Waals surface area (Å²) in [7, 11) is 0. The van der Waals surface area contributed by atoms with E-state index < -0.39 is 0 Å². The molecule has 4 rings (SSSR count). The second-order valence-electron chi connectivity index (χ2n) is 7.62. The molecule has 2 aromatic rings. The number of nitrogens with one attached hydrogen (secondary N) is 2. The number of aromatic nitrogens is 2. The third kappa shape index (κ3) is 3.21. The van der Waals surface area contributed by atoms with E-state index in [0.717, 1.165) is 63.0 Å². The van der Waals surface area contributed by atoms with Crippen LogP contribution in [0.2, 0.25) is 0 Å². The maximum atomic E-state index is 12.8. The zero-order valence-corrected chi connectivity index (χ0v) is 14.8. The van der Waals surface area contributed by atoms with Crippen molar-refractivity contribution >= 4 is 5.91 Å². The Kier molecular flexibility index (Phi) is 4.34. The molecule has 0 spiro atoms. The van der Waals surface area contributed by atoms with Gasteiger partial charge in [-0.05, 0) is 62.7 Å². The summed E-state index contributed by atoms with van der Waals surface area (Å²) in [6.45, 7) is 5.05. The molecular weight excluding hydrogens is 312 g/mol. The van der Waals surface area contributed by atoms with Crippen LogP contribution in [0, 0.1) is 5.41 Å². The molecule has 0 bridgehead atoms. The minimum Gasteiger partial charge on any atom is -0.350 e. The van der Waals surface area contributed by atoms with E-state index in [1.54, 1.807) is 0 Å². The fourth-order valence-electron chi connectivity index (χ4n) is 3.99. The van der Waals surface area contributed by atoms with Crippen molar-refractivity contribution in [2.75, 3.05) is 19.6 Å². The summed E-state index contributed by atoms with van der Waals surface area (Å²) in [6, 6.07) is 10.1. The Hall–Kier alpha value is -2.14. The molecule has 2 heterocycles. The van der Waals surface area contributed by atoms with Crippen LogP contribution in [0.4, 0.5) is 0 Å². The highest BCUT2D eigenvalue weighted by molar-refractivity contribution is 5.94. The summed E-state index contributed by atoms with van der Waals surface area (Å²) < 4.78 is 1.96. The van der Waals surface area contributed by atoms with Crippen LogP contribution in [0.3, 0.4) is 0 Å². The van der Waals surface area contributed by atoms with Crippen molar-refractivity contribution in [2.24, 2.45) is 5.41 Å². The largest absolute Gasteiger partial charge is 0.350 e. The van der Waals surface area contributed by atoms with Crippen molar-refractivity contribution in [3.63, 3.8) is 0 Å². The molecule has 0 atom stereocenters. The van der Waals surface area contributed by atoms with Gasteiger partial charge in [0.2, 0.25) is 0 Å². The monoisotopic (exact) mass is 338 g/mol. The number of carbonyl (C=O) groups excluding carboxylic acids is 1. The Bertz CT molecular complexity index is 760. The van der Waals surface area contributed by atoms with Crippen LogP contribution in [0.15, 0.2) is 30.3 Å². The molecule has 0 unspecified atom stereocenters. The fourth-order valence-corrected chi connectivity index (χ4v) is 3.99. The van der Waals surface area contributed by atoms with Crippen LogP contribution in [0.1, 0.15) is 47.9 Å². The summed E-state index contributed by atoms with van der Waals surface area (Å²) in [5.41, 5.74) is 4.17. The number of benzene rings is 1. The number of amides is 1. The SMILES string of the molecule is CC1(CNC(=O)c2nn(-c3ccccc3)c3c2CCC3)CCNCC1. The van der Waals surface area contributed by atoms with Gasteiger partial charge in [-0.25, -0.2) is 4.68 Å². The first-order chi connectivity index (χ1) is 12.2. The van der Waals surface area contributed by atoms with Crippen molar-refractivity contribution in [3.05, 3.63) is 47.3 Å². The minimum absolute atomic E-state index is 0.0208. The van der Waals surface area contributed by atoms with Crippen LogP contribution >= 0.6 is 0 Å². The lowest BCUT2D eigenvalue weighted by Gasteiger charge is -2.34. The Morgan fingerprint density at radius 2 is 2.00 bits per heavy atom. The molecule has 1 aromatic heterocycles. The van der Waals surface area contributed by atoms with Crippen molar-refractivity contribution in [2.45, 2.75) is 39.0 Å². The molecule has 25 heavy (non-hydrogen) atoms. The predicted molar refractivity (Wildman–Crippen MR) is 98.1 cm³/mol. The number of rotatable bonds is 4. The van der Waals surface area contributed by atoms with Gasteiger partial charge in [0.25, 0.3) is 5.91 Å². The molecule has 1 aliphatic carbocycles. The van der Waals surface area contributed by atoms with Crippen LogP contribution in [-0.4, -0.2) is 35.3 Å². The summed E-state index contributed by atoms with van der Waals surface area (Å²) in [5.74, 6) is -0.0208. The fraction of sp³-hybridized carbons (Fsp3) is 0.500. The number of hydrogen-bond acceptors (Lipinski definition) is 3. The third-order valence-electron chi connectivity index (χ3n) is 5.63. The van der Waals surface area contributed by atoms with Gasteiger partial charge in [-0.1, -0.05) is 25.1 Å². The van der Waals surface area contributed by atoms with Gasteiger partial charge in [-0.3, -0.25) is 4.79 Å². The van der Waals surface area contributed by atoms with Gasteiger partial charge in [0, 0.05) is 17.8 Å². The van der Waals surface area contributed by atoms with E-state index in [2.05, 4.69) is 22.7 Å². The first-order valence-electron chi connectivity index (χ1n) is 9.31. The third-order valence-corrected chi connectivity index (χ3v) is 5.63. The van der Waals surface area contributed by atoms with Gasteiger partial charge < -0.3 is 10.6 Å². The number of piperidine rings is 1. The predicted octanol–water partition coefficient (Wildman–Crippen LogP) is 2.48. The lowest BCUT2D eigenvalue weighted by molar-refractivity contribution is 0.0916. The number of para-hydroxylation sites is 1. The molecule has 2 N–H and O–H groups in total. The first-order valence-corrected chi connectivity index (χ1v) is 9.31. The van der Waals surface area contributed by atoms with Crippen molar-refractivity contribution in [1.82, 2.24) is 20.4 Å². The highest BCUT2D eigenvalue weighted by atomic mass is 16.2. The molecule has 1 aromatic carbocycles. The Morgan fingerprint density at radius 3 is 2.76 bits per heavy atom. The number of carbonyl (C=O) groups is 1. The average Bonchev–Trinajstić information content (AvgIpc) is 3.24.